The quantitative estimate of drug-likeness (QED) is 0.460. The molecule has 28 heavy (non-hydrogen) atoms. The van der Waals surface area contributed by atoms with E-state index < -0.39 is 11.2 Å². The zero-order valence-corrected chi connectivity index (χ0v) is 18.2. The fraction of sp³-hybridized carbons (Fsp3) is 0.619. The lowest BCUT2D eigenvalue weighted by Crippen LogP contribution is -2.56. The van der Waals surface area contributed by atoms with Crippen LogP contribution in [0.5, 0.6) is 0 Å². The second kappa shape index (κ2) is 7.28. The van der Waals surface area contributed by atoms with E-state index in [9.17, 15) is 14.0 Å². The van der Waals surface area contributed by atoms with E-state index in [4.69, 9.17) is 16.3 Å². The standard InChI is InChI=1S/C21H24BrClFNO3/c1-25(10-15-16(23)3-2-4-17(15)24)18(26)11-28-19(27)20-6-13-5-14(7-20)9-21(22,8-13)12-20/h2-4,13-14H,5-12H2,1H3. The van der Waals surface area contributed by atoms with Crippen LogP contribution in [-0.2, 0) is 20.9 Å². The zero-order chi connectivity index (χ0) is 20.1. The summed E-state index contributed by atoms with van der Waals surface area (Å²) in [6, 6.07) is 4.41. The maximum Gasteiger partial charge on any atom is 0.312 e. The number of hydrogen-bond acceptors (Lipinski definition) is 3. The number of carbonyl (C=O) groups is 2. The minimum atomic E-state index is -0.458. The smallest absolute Gasteiger partial charge is 0.312 e. The minimum Gasteiger partial charge on any atom is -0.455 e. The van der Waals surface area contributed by atoms with Gasteiger partial charge in [0.2, 0.25) is 0 Å². The molecule has 2 atom stereocenters. The molecule has 1 aromatic carbocycles. The van der Waals surface area contributed by atoms with E-state index in [0.29, 0.717) is 11.8 Å². The van der Waals surface area contributed by atoms with Crippen molar-refractivity contribution >= 4 is 39.4 Å². The fourth-order valence-corrected chi connectivity index (χ4v) is 7.46. The number of nitrogens with zero attached hydrogens (tertiary/aromatic N) is 1. The van der Waals surface area contributed by atoms with Gasteiger partial charge in [-0.1, -0.05) is 33.6 Å². The number of halogens is 3. The van der Waals surface area contributed by atoms with Crippen molar-refractivity contribution in [1.29, 1.82) is 0 Å². The van der Waals surface area contributed by atoms with Crippen molar-refractivity contribution in [3.8, 4) is 0 Å². The molecule has 4 fully saturated rings. The predicted molar refractivity (Wildman–Crippen MR) is 108 cm³/mol. The van der Waals surface area contributed by atoms with Crippen LogP contribution in [0.4, 0.5) is 4.39 Å². The van der Waals surface area contributed by atoms with Crippen molar-refractivity contribution in [3.63, 3.8) is 0 Å². The Bertz CT molecular complexity index is 783. The second-order valence-corrected chi connectivity index (χ2v) is 11.0. The number of benzene rings is 1. The Labute approximate surface area is 177 Å². The van der Waals surface area contributed by atoms with Gasteiger partial charge >= 0.3 is 5.97 Å². The summed E-state index contributed by atoms with van der Waals surface area (Å²) in [5.41, 5.74) is -0.199. The van der Waals surface area contributed by atoms with Crippen LogP contribution in [0, 0.1) is 23.1 Å². The Morgan fingerprint density at radius 1 is 1.29 bits per heavy atom. The lowest BCUT2D eigenvalue weighted by Gasteiger charge is -2.58. The van der Waals surface area contributed by atoms with Gasteiger partial charge in [0.05, 0.1) is 5.41 Å². The van der Waals surface area contributed by atoms with E-state index in [1.54, 1.807) is 13.1 Å². The van der Waals surface area contributed by atoms with E-state index in [-0.39, 0.29) is 39.9 Å². The highest BCUT2D eigenvalue weighted by molar-refractivity contribution is 9.10. The fourth-order valence-electron chi connectivity index (χ4n) is 5.79. The largest absolute Gasteiger partial charge is 0.455 e. The van der Waals surface area contributed by atoms with Crippen molar-refractivity contribution in [3.05, 3.63) is 34.6 Å². The molecule has 4 aliphatic carbocycles. The van der Waals surface area contributed by atoms with Crippen molar-refractivity contribution in [2.45, 2.75) is 49.4 Å². The maximum atomic E-state index is 13.9. The highest BCUT2D eigenvalue weighted by atomic mass is 79.9. The van der Waals surface area contributed by atoms with Crippen LogP contribution >= 0.6 is 27.5 Å². The molecule has 0 heterocycles. The average Bonchev–Trinajstić information content (AvgIpc) is 2.60. The molecule has 5 rings (SSSR count). The molecule has 4 saturated carbocycles. The average molecular weight is 473 g/mol. The lowest BCUT2D eigenvalue weighted by molar-refractivity contribution is -0.172. The van der Waals surface area contributed by atoms with Crippen molar-refractivity contribution in [2.24, 2.45) is 17.3 Å². The molecule has 0 aliphatic heterocycles. The first-order valence-corrected chi connectivity index (χ1v) is 10.9. The molecule has 4 nitrogen and oxygen atoms in total. The molecule has 0 aromatic heterocycles. The Balaban J connectivity index is 1.36. The van der Waals surface area contributed by atoms with Gasteiger partial charge in [-0.3, -0.25) is 9.59 Å². The summed E-state index contributed by atoms with van der Waals surface area (Å²) in [5.74, 6) is 0.0480. The van der Waals surface area contributed by atoms with E-state index in [0.717, 1.165) is 32.1 Å². The Morgan fingerprint density at radius 3 is 2.57 bits per heavy atom. The van der Waals surface area contributed by atoms with Crippen LogP contribution < -0.4 is 0 Å². The monoisotopic (exact) mass is 471 g/mol. The molecule has 1 amide bonds. The van der Waals surface area contributed by atoms with Crippen molar-refractivity contribution in [1.82, 2.24) is 4.90 Å². The van der Waals surface area contributed by atoms with Gasteiger partial charge in [0.15, 0.2) is 6.61 Å². The molecule has 2 unspecified atom stereocenters. The minimum absolute atomic E-state index is 0.0295. The maximum absolute atomic E-state index is 13.9. The summed E-state index contributed by atoms with van der Waals surface area (Å²) in [5, 5.41) is 0.271. The third-order valence-corrected chi connectivity index (χ3v) is 7.91. The molecule has 0 N–H and O–H groups in total. The van der Waals surface area contributed by atoms with Crippen LogP contribution in [0.3, 0.4) is 0 Å². The molecule has 4 bridgehead atoms. The Hall–Kier alpha value is -1.14. The van der Waals surface area contributed by atoms with Crippen LogP contribution in [0.25, 0.3) is 0 Å². The van der Waals surface area contributed by atoms with E-state index in [1.165, 1.54) is 23.5 Å². The summed E-state index contributed by atoms with van der Waals surface area (Å²) in [6.45, 7) is -0.296. The van der Waals surface area contributed by atoms with Gasteiger partial charge < -0.3 is 9.64 Å². The molecule has 0 saturated heterocycles. The number of ether oxygens (including phenoxy) is 1. The lowest BCUT2D eigenvalue weighted by atomic mass is 9.49. The van der Waals surface area contributed by atoms with Gasteiger partial charge in [0.1, 0.15) is 5.82 Å². The molecule has 0 spiro atoms. The first-order valence-electron chi connectivity index (χ1n) is 9.73. The number of hydrogen-bond donors (Lipinski definition) is 0. The van der Waals surface area contributed by atoms with Gasteiger partial charge in [-0.2, -0.15) is 0 Å². The molecular formula is C21H24BrClFNO3. The topological polar surface area (TPSA) is 46.6 Å². The second-order valence-electron chi connectivity index (χ2n) is 8.92. The van der Waals surface area contributed by atoms with Crippen LogP contribution in [0.15, 0.2) is 18.2 Å². The molecule has 7 heteroatoms. The summed E-state index contributed by atoms with van der Waals surface area (Å²) in [6.07, 6.45) is 5.98. The SMILES string of the molecule is CN(Cc1c(F)cccc1Cl)C(=O)COC(=O)C12CC3CC(CC(Br)(C3)C1)C2. The molecule has 152 valence electrons. The summed E-state index contributed by atoms with van der Waals surface area (Å²) in [4.78, 5) is 26.7. The normalized spacial score (nSPS) is 33.0. The van der Waals surface area contributed by atoms with Gasteiger partial charge in [0, 0.05) is 28.5 Å². The highest BCUT2D eigenvalue weighted by Gasteiger charge is 2.60. The van der Waals surface area contributed by atoms with Crippen LogP contribution in [0.1, 0.15) is 44.1 Å². The van der Waals surface area contributed by atoms with Gasteiger partial charge in [0.25, 0.3) is 5.91 Å². The van der Waals surface area contributed by atoms with Gasteiger partial charge in [-0.25, -0.2) is 4.39 Å². The van der Waals surface area contributed by atoms with E-state index in [1.807, 2.05) is 0 Å². The molecular weight excluding hydrogens is 449 g/mol. The number of alkyl halides is 1. The molecule has 0 radical (unpaired) electrons. The number of carbonyl (C=O) groups excluding carboxylic acids is 2. The number of amides is 1. The first kappa shape index (κ1) is 20.1. The highest BCUT2D eigenvalue weighted by Crippen LogP contribution is 2.64. The number of likely N-dealkylation sites (N-methyl/N-ethyl adjacent to an activating group) is 1. The van der Waals surface area contributed by atoms with Crippen LogP contribution in [-0.4, -0.2) is 34.8 Å². The van der Waals surface area contributed by atoms with Gasteiger partial charge in [-0.05, 0) is 62.5 Å². The third-order valence-electron chi connectivity index (χ3n) is 6.63. The van der Waals surface area contributed by atoms with Crippen molar-refractivity contribution in [2.75, 3.05) is 13.7 Å². The van der Waals surface area contributed by atoms with E-state index in [2.05, 4.69) is 15.9 Å². The predicted octanol–water partition coefficient (Wildman–Crippen LogP) is 4.71. The van der Waals surface area contributed by atoms with E-state index >= 15 is 0 Å². The number of esters is 1. The molecule has 1 aromatic rings. The Morgan fingerprint density at radius 2 is 1.96 bits per heavy atom. The molecule has 4 aliphatic rings. The first-order chi connectivity index (χ1) is 13.2. The third kappa shape index (κ3) is 3.70. The van der Waals surface area contributed by atoms with Crippen molar-refractivity contribution < 1.29 is 18.7 Å². The number of rotatable bonds is 5. The Kier molecular flexibility index (Phi) is 5.24. The zero-order valence-electron chi connectivity index (χ0n) is 15.8. The van der Waals surface area contributed by atoms with Crippen LogP contribution in [0.2, 0.25) is 5.02 Å². The summed E-state index contributed by atoms with van der Waals surface area (Å²) < 4.78 is 19.5. The summed E-state index contributed by atoms with van der Waals surface area (Å²) >= 11 is 9.91. The summed E-state index contributed by atoms with van der Waals surface area (Å²) in [7, 11) is 1.55. The van der Waals surface area contributed by atoms with Gasteiger partial charge in [-0.15, -0.1) is 0 Å².